The topological polar surface area (TPSA) is 159 Å². The third-order valence-electron chi connectivity index (χ3n) is 6.17. The summed E-state index contributed by atoms with van der Waals surface area (Å²) in [5.74, 6) is -0.734. The Bertz CT molecular complexity index is 1490. The summed E-state index contributed by atoms with van der Waals surface area (Å²) in [5.41, 5.74) is 1.32. The normalized spacial score (nSPS) is 14.7. The van der Waals surface area contributed by atoms with Gasteiger partial charge in [-0.05, 0) is 87.7 Å². The van der Waals surface area contributed by atoms with Crippen LogP contribution in [0.25, 0.3) is 0 Å². The van der Waals surface area contributed by atoms with Gasteiger partial charge < -0.3 is 23.8 Å². The highest BCUT2D eigenvalue weighted by molar-refractivity contribution is 5.96. The van der Waals surface area contributed by atoms with E-state index in [-0.39, 0.29) is 30.5 Å². The third-order valence-corrected chi connectivity index (χ3v) is 6.17. The van der Waals surface area contributed by atoms with Gasteiger partial charge >= 0.3 is 12.1 Å². The Labute approximate surface area is 253 Å². The summed E-state index contributed by atoms with van der Waals surface area (Å²) in [5, 5.41) is 19.1. The molecule has 3 aromatic carbocycles. The first-order chi connectivity index (χ1) is 21.0. The van der Waals surface area contributed by atoms with Crippen molar-refractivity contribution in [1.29, 1.82) is 0 Å². The molecule has 1 atom stereocenters. The summed E-state index contributed by atoms with van der Waals surface area (Å²) in [6.07, 6.45) is -0.0120. The standard InChI is InChI=1S/C31H32N4O9/c1-31(2,3)44-28(36)19-34(27-5-4-18-41-27)29(37)22-8-12-24(13-9-22)33-32-23-10-6-21(7-11-23)20-42-30(38)43-26-16-14-25(15-17-26)35(39)40/h6-17,27H,4-5,18-20H2,1-3H3/b33-32+. The van der Waals surface area contributed by atoms with E-state index in [0.29, 0.717) is 35.5 Å². The Morgan fingerprint density at radius 1 is 0.955 bits per heavy atom. The molecule has 1 fully saturated rings. The number of benzene rings is 3. The molecular formula is C31H32N4O9. The van der Waals surface area contributed by atoms with Gasteiger partial charge in [0, 0.05) is 24.3 Å². The maximum Gasteiger partial charge on any atom is 0.514 e. The number of amides is 1. The molecule has 0 spiro atoms. The number of ether oxygens (including phenoxy) is 4. The quantitative estimate of drug-likeness (QED) is 0.0812. The lowest BCUT2D eigenvalue weighted by atomic mass is 10.1. The van der Waals surface area contributed by atoms with Crippen molar-refractivity contribution in [3.8, 4) is 5.75 Å². The number of hydrogen-bond donors (Lipinski definition) is 0. The zero-order valence-corrected chi connectivity index (χ0v) is 24.5. The molecular weight excluding hydrogens is 572 g/mol. The zero-order valence-electron chi connectivity index (χ0n) is 24.5. The molecule has 0 aromatic heterocycles. The number of azo groups is 1. The number of nitro groups is 1. The van der Waals surface area contributed by atoms with Crippen molar-refractivity contribution >= 4 is 35.1 Å². The first kappa shape index (κ1) is 31.8. The van der Waals surface area contributed by atoms with E-state index in [9.17, 15) is 24.5 Å². The number of carbonyl (C=O) groups is 3. The second kappa shape index (κ2) is 14.3. The van der Waals surface area contributed by atoms with Crippen LogP contribution in [0.15, 0.2) is 83.0 Å². The predicted molar refractivity (Wildman–Crippen MR) is 157 cm³/mol. The van der Waals surface area contributed by atoms with Crippen molar-refractivity contribution < 1.29 is 38.3 Å². The van der Waals surface area contributed by atoms with Crippen molar-refractivity contribution in [2.24, 2.45) is 10.2 Å². The van der Waals surface area contributed by atoms with Crippen LogP contribution in [0.4, 0.5) is 21.9 Å². The fourth-order valence-corrected chi connectivity index (χ4v) is 4.14. The molecule has 0 radical (unpaired) electrons. The van der Waals surface area contributed by atoms with Crippen LogP contribution in [0, 0.1) is 10.1 Å². The number of non-ortho nitro benzene ring substituents is 1. The second-order valence-corrected chi connectivity index (χ2v) is 10.8. The van der Waals surface area contributed by atoms with E-state index < -0.39 is 28.9 Å². The van der Waals surface area contributed by atoms with Crippen LogP contribution < -0.4 is 4.74 Å². The van der Waals surface area contributed by atoms with Crippen LogP contribution in [-0.2, 0) is 25.6 Å². The lowest BCUT2D eigenvalue weighted by molar-refractivity contribution is -0.384. The van der Waals surface area contributed by atoms with Gasteiger partial charge in [-0.15, -0.1) is 0 Å². The summed E-state index contributed by atoms with van der Waals surface area (Å²) in [6, 6.07) is 18.4. The van der Waals surface area contributed by atoms with Gasteiger partial charge in [0.15, 0.2) is 0 Å². The molecule has 0 saturated carbocycles. The van der Waals surface area contributed by atoms with Gasteiger partial charge in [0.1, 0.15) is 30.7 Å². The van der Waals surface area contributed by atoms with Gasteiger partial charge in [0.2, 0.25) is 0 Å². The molecule has 13 nitrogen and oxygen atoms in total. The molecule has 1 unspecified atom stereocenters. The average molecular weight is 605 g/mol. The molecule has 0 bridgehead atoms. The summed E-state index contributed by atoms with van der Waals surface area (Å²) >= 11 is 0. The van der Waals surface area contributed by atoms with Gasteiger partial charge in [-0.3, -0.25) is 19.7 Å². The van der Waals surface area contributed by atoms with Crippen LogP contribution in [0.2, 0.25) is 0 Å². The van der Waals surface area contributed by atoms with Crippen molar-refractivity contribution in [2.45, 2.75) is 52.0 Å². The van der Waals surface area contributed by atoms with E-state index in [1.54, 1.807) is 69.3 Å². The Kier molecular flexibility index (Phi) is 10.3. The number of nitro benzene ring substituents is 1. The fourth-order valence-electron chi connectivity index (χ4n) is 4.14. The SMILES string of the molecule is CC(C)(C)OC(=O)CN(C(=O)c1ccc(/N=N/c2ccc(COC(=O)Oc3ccc([N+](=O)[O-])cc3)cc2)cc1)C1CCCO1. The lowest BCUT2D eigenvalue weighted by Gasteiger charge is -2.29. The highest BCUT2D eigenvalue weighted by atomic mass is 16.7. The molecule has 1 saturated heterocycles. The number of esters is 1. The van der Waals surface area contributed by atoms with E-state index in [1.165, 1.54) is 29.2 Å². The van der Waals surface area contributed by atoms with Gasteiger partial charge in [0.25, 0.3) is 11.6 Å². The van der Waals surface area contributed by atoms with Crippen LogP contribution in [0.5, 0.6) is 5.75 Å². The van der Waals surface area contributed by atoms with E-state index in [4.69, 9.17) is 18.9 Å². The molecule has 1 aliphatic rings. The second-order valence-electron chi connectivity index (χ2n) is 10.8. The minimum atomic E-state index is -0.951. The molecule has 1 heterocycles. The number of rotatable bonds is 10. The Morgan fingerprint density at radius 3 is 2.11 bits per heavy atom. The zero-order chi connectivity index (χ0) is 31.7. The highest BCUT2D eigenvalue weighted by Gasteiger charge is 2.31. The van der Waals surface area contributed by atoms with E-state index in [2.05, 4.69) is 10.2 Å². The van der Waals surface area contributed by atoms with E-state index >= 15 is 0 Å². The van der Waals surface area contributed by atoms with Crippen molar-refractivity contribution in [3.05, 3.63) is 94.0 Å². The molecule has 230 valence electrons. The first-order valence-corrected chi connectivity index (χ1v) is 13.8. The Balaban J connectivity index is 1.30. The summed E-state index contributed by atoms with van der Waals surface area (Å²) in [6.45, 7) is 5.55. The maximum absolute atomic E-state index is 13.3. The minimum absolute atomic E-state index is 0.0599. The molecule has 1 amide bonds. The number of hydrogen-bond acceptors (Lipinski definition) is 11. The summed E-state index contributed by atoms with van der Waals surface area (Å²) in [7, 11) is 0. The monoisotopic (exact) mass is 604 g/mol. The first-order valence-electron chi connectivity index (χ1n) is 13.8. The molecule has 13 heteroatoms. The Morgan fingerprint density at radius 2 is 1.57 bits per heavy atom. The molecule has 0 N–H and O–H groups in total. The maximum atomic E-state index is 13.3. The van der Waals surface area contributed by atoms with Crippen LogP contribution in [-0.4, -0.2) is 52.8 Å². The van der Waals surface area contributed by atoms with Crippen LogP contribution >= 0.6 is 0 Å². The Hall–Kier alpha value is -5.17. The minimum Gasteiger partial charge on any atom is -0.459 e. The largest absolute Gasteiger partial charge is 0.514 e. The molecule has 1 aliphatic heterocycles. The third kappa shape index (κ3) is 9.42. The van der Waals surface area contributed by atoms with Gasteiger partial charge in [0.05, 0.1) is 16.3 Å². The average Bonchev–Trinajstić information content (AvgIpc) is 3.52. The van der Waals surface area contributed by atoms with E-state index in [0.717, 1.165) is 6.42 Å². The van der Waals surface area contributed by atoms with Gasteiger partial charge in [-0.2, -0.15) is 10.2 Å². The fraction of sp³-hybridized carbons (Fsp3) is 0.323. The highest BCUT2D eigenvalue weighted by Crippen LogP contribution is 2.23. The number of carbonyl (C=O) groups excluding carboxylic acids is 3. The molecule has 0 aliphatic carbocycles. The van der Waals surface area contributed by atoms with Crippen molar-refractivity contribution in [1.82, 2.24) is 4.90 Å². The van der Waals surface area contributed by atoms with Crippen molar-refractivity contribution in [3.63, 3.8) is 0 Å². The lowest BCUT2D eigenvalue weighted by Crippen LogP contribution is -2.44. The van der Waals surface area contributed by atoms with Crippen LogP contribution in [0.1, 0.15) is 49.5 Å². The van der Waals surface area contributed by atoms with Gasteiger partial charge in [-0.25, -0.2) is 4.79 Å². The predicted octanol–water partition coefficient (Wildman–Crippen LogP) is 6.65. The smallest absolute Gasteiger partial charge is 0.459 e. The van der Waals surface area contributed by atoms with Gasteiger partial charge in [-0.1, -0.05) is 12.1 Å². The van der Waals surface area contributed by atoms with E-state index in [1.807, 2.05) is 0 Å². The molecule has 44 heavy (non-hydrogen) atoms. The molecule has 4 rings (SSSR count). The molecule has 3 aromatic rings. The van der Waals surface area contributed by atoms with Crippen molar-refractivity contribution in [2.75, 3.05) is 13.2 Å². The summed E-state index contributed by atoms with van der Waals surface area (Å²) in [4.78, 5) is 49.3. The number of nitrogens with zero attached hydrogens (tertiary/aromatic N) is 4. The summed E-state index contributed by atoms with van der Waals surface area (Å²) < 4.78 is 21.2. The van der Waals surface area contributed by atoms with Crippen LogP contribution in [0.3, 0.4) is 0 Å².